The lowest BCUT2D eigenvalue weighted by Gasteiger charge is -2.50. The number of imide groups is 2. The molecule has 7 rings (SSSR count). The van der Waals surface area contributed by atoms with Gasteiger partial charge in [-0.25, -0.2) is 9.29 Å². The van der Waals surface area contributed by atoms with Crippen LogP contribution in [0.25, 0.3) is 0 Å². The van der Waals surface area contributed by atoms with Gasteiger partial charge in [-0.05, 0) is 79.6 Å². The Morgan fingerprint density at radius 2 is 1.59 bits per heavy atom. The average Bonchev–Trinajstić information content (AvgIpc) is 3.36. The summed E-state index contributed by atoms with van der Waals surface area (Å²) in [6, 6.07) is 16.3. The first-order valence-electron chi connectivity index (χ1n) is 15.0. The molecule has 3 aromatic carbocycles. The van der Waals surface area contributed by atoms with E-state index in [1.807, 2.05) is 6.08 Å². The Morgan fingerprint density at radius 1 is 0.891 bits per heavy atom. The highest BCUT2D eigenvalue weighted by Crippen LogP contribution is 2.66. The third-order valence-electron chi connectivity index (χ3n) is 10.1. The fourth-order valence-electron chi connectivity index (χ4n) is 7.85. The van der Waals surface area contributed by atoms with Crippen LogP contribution >= 0.6 is 23.2 Å². The Kier molecular flexibility index (Phi) is 7.06. The van der Waals surface area contributed by atoms with Crippen LogP contribution in [0.4, 0.5) is 10.1 Å². The number of hydrogen-bond acceptors (Lipinski definition) is 6. The molecular weight excluding hydrogens is 634 g/mol. The summed E-state index contributed by atoms with van der Waals surface area (Å²) in [6.07, 6.45) is 2.19. The van der Waals surface area contributed by atoms with Crippen molar-refractivity contribution in [2.75, 3.05) is 11.4 Å². The standard InChI is InChI=1S/C35H29Cl2FN2O6/c1-18-3-2-4-25(29(18)42)28-23-13-14-24-27(31(44)39(30(24)43)16-15-19-5-11-22(41)12-6-19)26(23)17-34(36)32(45)40(33(46)35(28,34)37)21-9-7-20(38)8-10-21/h2-13,24,26-28,41-42H,14-17H2,1H3/t24-,26+,27-,28+,34+,35-/m0/s1. The summed E-state index contributed by atoms with van der Waals surface area (Å²) in [4.78, 5) is 54.4. The predicted octanol–water partition coefficient (Wildman–Crippen LogP) is 5.35. The van der Waals surface area contributed by atoms with Crippen molar-refractivity contribution in [3.63, 3.8) is 0 Å². The summed E-state index contributed by atoms with van der Waals surface area (Å²) in [5, 5.41) is 20.9. The van der Waals surface area contributed by atoms with Gasteiger partial charge >= 0.3 is 0 Å². The van der Waals surface area contributed by atoms with Crippen LogP contribution in [-0.4, -0.2) is 55.0 Å². The van der Waals surface area contributed by atoms with Gasteiger partial charge in [-0.1, -0.05) is 42.0 Å². The Labute approximate surface area is 274 Å². The zero-order valence-electron chi connectivity index (χ0n) is 24.6. The molecule has 11 heteroatoms. The molecule has 0 spiro atoms. The molecule has 46 heavy (non-hydrogen) atoms. The van der Waals surface area contributed by atoms with Crippen LogP contribution < -0.4 is 4.90 Å². The third-order valence-corrected chi connectivity index (χ3v) is 11.5. The number of carbonyl (C=O) groups excluding carboxylic acids is 4. The number of fused-ring (bicyclic) bond motifs is 4. The smallest absolute Gasteiger partial charge is 0.258 e. The number of nitrogens with zero attached hydrogens (tertiary/aromatic N) is 2. The second-order valence-corrected chi connectivity index (χ2v) is 13.7. The molecule has 4 amide bonds. The number of halogens is 3. The first kappa shape index (κ1) is 30.4. The van der Waals surface area contributed by atoms with Crippen molar-refractivity contribution >= 4 is 52.5 Å². The second-order valence-electron chi connectivity index (χ2n) is 12.5. The molecule has 1 saturated carbocycles. The Morgan fingerprint density at radius 3 is 2.28 bits per heavy atom. The SMILES string of the molecule is Cc1cccc([C@H]2C3=CC[C@@H]4C(=O)N(CCc5ccc(O)cc5)C(=O)[C@@H]4[C@@H]3C[C@@]3(Cl)C(=O)N(c4ccc(F)cc4)C(=O)[C@@]23Cl)c1O. The van der Waals surface area contributed by atoms with E-state index in [-0.39, 0.29) is 48.0 Å². The molecule has 2 saturated heterocycles. The largest absolute Gasteiger partial charge is 0.508 e. The van der Waals surface area contributed by atoms with Gasteiger partial charge in [0.2, 0.25) is 11.8 Å². The van der Waals surface area contributed by atoms with Gasteiger partial charge in [-0.3, -0.25) is 24.1 Å². The van der Waals surface area contributed by atoms with Crippen molar-refractivity contribution in [1.82, 2.24) is 4.90 Å². The van der Waals surface area contributed by atoms with Crippen LogP contribution in [0, 0.1) is 30.5 Å². The number of anilines is 1. The van der Waals surface area contributed by atoms with Crippen LogP contribution in [0.3, 0.4) is 0 Å². The number of rotatable bonds is 5. The number of likely N-dealkylation sites (tertiary alicyclic amines) is 1. The molecule has 2 aliphatic carbocycles. The number of amides is 4. The Hall–Kier alpha value is -4.21. The number of carbonyl (C=O) groups is 4. The average molecular weight is 664 g/mol. The van der Waals surface area contributed by atoms with Crippen LogP contribution in [0.1, 0.15) is 35.4 Å². The summed E-state index contributed by atoms with van der Waals surface area (Å²) >= 11 is 14.7. The zero-order valence-corrected chi connectivity index (χ0v) is 26.1. The van der Waals surface area contributed by atoms with Crippen LogP contribution in [0.5, 0.6) is 11.5 Å². The molecule has 0 unspecified atom stereocenters. The van der Waals surface area contributed by atoms with Crippen molar-refractivity contribution in [3.8, 4) is 11.5 Å². The number of benzene rings is 3. The van der Waals surface area contributed by atoms with E-state index in [4.69, 9.17) is 23.2 Å². The minimum absolute atomic E-state index is 0.0837. The number of para-hydroxylation sites is 1. The van der Waals surface area contributed by atoms with E-state index in [2.05, 4.69) is 0 Å². The molecule has 3 aromatic rings. The number of alkyl halides is 2. The summed E-state index contributed by atoms with van der Waals surface area (Å²) in [7, 11) is 0. The molecule has 3 fully saturated rings. The maximum atomic E-state index is 14.4. The molecule has 0 radical (unpaired) electrons. The molecule has 0 bridgehead atoms. The van der Waals surface area contributed by atoms with Gasteiger partial charge in [0.15, 0.2) is 9.75 Å². The summed E-state index contributed by atoms with van der Waals surface area (Å²) < 4.78 is 13.8. The van der Waals surface area contributed by atoms with E-state index in [9.17, 15) is 33.8 Å². The molecule has 2 heterocycles. The van der Waals surface area contributed by atoms with Gasteiger partial charge in [-0.15, -0.1) is 23.2 Å². The van der Waals surface area contributed by atoms with Gasteiger partial charge in [-0.2, -0.15) is 0 Å². The molecular formula is C35H29Cl2FN2O6. The maximum absolute atomic E-state index is 14.4. The van der Waals surface area contributed by atoms with Gasteiger partial charge < -0.3 is 10.2 Å². The number of phenolic OH excluding ortho intramolecular Hbond substituents is 2. The topological polar surface area (TPSA) is 115 Å². The van der Waals surface area contributed by atoms with Crippen molar-refractivity contribution in [2.24, 2.45) is 17.8 Å². The van der Waals surface area contributed by atoms with Crippen LogP contribution in [0.2, 0.25) is 0 Å². The molecule has 8 nitrogen and oxygen atoms in total. The van der Waals surface area contributed by atoms with E-state index in [0.717, 1.165) is 22.6 Å². The number of phenols is 2. The zero-order chi connectivity index (χ0) is 32.7. The van der Waals surface area contributed by atoms with Gasteiger partial charge in [0.1, 0.15) is 17.3 Å². The molecule has 0 aromatic heterocycles. The van der Waals surface area contributed by atoms with Crippen LogP contribution in [0.15, 0.2) is 78.4 Å². The second kappa shape index (κ2) is 10.7. The van der Waals surface area contributed by atoms with Gasteiger partial charge in [0.05, 0.1) is 17.5 Å². The van der Waals surface area contributed by atoms with E-state index >= 15 is 0 Å². The van der Waals surface area contributed by atoms with Gasteiger partial charge in [0, 0.05) is 18.0 Å². The molecule has 236 valence electrons. The number of aromatic hydroxyl groups is 2. The highest BCUT2D eigenvalue weighted by Gasteiger charge is 2.76. The van der Waals surface area contributed by atoms with E-state index < -0.39 is 57.0 Å². The first-order valence-corrected chi connectivity index (χ1v) is 15.8. The quantitative estimate of drug-likeness (QED) is 0.216. The Balaban J connectivity index is 1.33. The fraction of sp³-hybridized carbons (Fsp3) is 0.314. The van der Waals surface area contributed by atoms with E-state index in [1.54, 1.807) is 37.3 Å². The monoisotopic (exact) mass is 662 g/mol. The summed E-state index contributed by atoms with van der Waals surface area (Å²) in [5.74, 6) is -6.37. The maximum Gasteiger partial charge on any atom is 0.258 e. The molecule has 2 aliphatic heterocycles. The lowest BCUT2D eigenvalue weighted by molar-refractivity contribution is -0.140. The summed E-state index contributed by atoms with van der Waals surface area (Å²) in [5.41, 5.74) is 2.27. The number of aryl methyl sites for hydroxylation is 1. The number of hydrogen-bond donors (Lipinski definition) is 2. The molecule has 2 N–H and O–H groups in total. The third kappa shape index (κ3) is 4.17. The normalized spacial score (nSPS) is 30.3. The highest BCUT2D eigenvalue weighted by atomic mass is 35.5. The summed E-state index contributed by atoms with van der Waals surface area (Å²) in [6.45, 7) is 1.82. The molecule has 6 atom stereocenters. The minimum Gasteiger partial charge on any atom is -0.508 e. The predicted molar refractivity (Wildman–Crippen MR) is 168 cm³/mol. The molecule has 4 aliphatic rings. The van der Waals surface area contributed by atoms with E-state index in [0.29, 0.717) is 17.6 Å². The van der Waals surface area contributed by atoms with Crippen molar-refractivity contribution in [1.29, 1.82) is 0 Å². The van der Waals surface area contributed by atoms with Crippen molar-refractivity contribution < 1.29 is 33.8 Å². The van der Waals surface area contributed by atoms with Crippen molar-refractivity contribution in [2.45, 2.75) is 41.9 Å². The van der Waals surface area contributed by atoms with Gasteiger partial charge in [0.25, 0.3) is 11.8 Å². The first-order chi connectivity index (χ1) is 21.9. The van der Waals surface area contributed by atoms with E-state index in [1.165, 1.54) is 29.2 Å². The highest BCUT2D eigenvalue weighted by molar-refractivity contribution is 6.58. The minimum atomic E-state index is -2.12. The number of allylic oxidation sites excluding steroid dienone is 2. The van der Waals surface area contributed by atoms with Crippen molar-refractivity contribution in [3.05, 3.63) is 101 Å². The lowest BCUT2D eigenvalue weighted by Crippen LogP contribution is -2.60. The fourth-order valence-corrected chi connectivity index (χ4v) is 8.77. The Bertz CT molecular complexity index is 1850. The van der Waals surface area contributed by atoms with Crippen LogP contribution in [-0.2, 0) is 25.6 Å². The lowest BCUT2D eigenvalue weighted by atomic mass is 9.56.